The molecule has 1 amide bonds. The average molecular weight is 325 g/mol. The first kappa shape index (κ1) is 16.4. The summed E-state index contributed by atoms with van der Waals surface area (Å²) in [6, 6.07) is 7.91. The van der Waals surface area contributed by atoms with Crippen LogP contribution in [0.1, 0.15) is 53.1 Å². The lowest BCUT2D eigenvalue weighted by Crippen LogP contribution is -2.19. The molecule has 3 rings (SSSR count). The van der Waals surface area contributed by atoms with Gasteiger partial charge in [0.05, 0.1) is 11.4 Å². The highest BCUT2D eigenvalue weighted by atomic mass is 16.1. The van der Waals surface area contributed by atoms with Gasteiger partial charge in [0.15, 0.2) is 11.5 Å². The molecule has 1 aromatic carbocycles. The van der Waals surface area contributed by atoms with Gasteiger partial charge in [-0.1, -0.05) is 19.1 Å². The van der Waals surface area contributed by atoms with Crippen LogP contribution >= 0.6 is 0 Å². The van der Waals surface area contributed by atoms with Crippen molar-refractivity contribution < 1.29 is 4.79 Å². The van der Waals surface area contributed by atoms with E-state index in [0.717, 1.165) is 48.3 Å². The fourth-order valence-electron chi connectivity index (χ4n) is 2.79. The maximum Gasteiger partial charge on any atom is 0.271 e. The molecule has 1 saturated carbocycles. The smallest absolute Gasteiger partial charge is 0.271 e. The standard InChI is InChI=1S/C18H23N5O/c1-2-14-15(12-6-7-12)23-18(16(22-14)17(20)24)21-13-5-3-4-11(10-13)8-9-19/h3-5,10,12H,2,6-9,19H2,1H3,(H2,20,24)(H,21,23). The molecular weight excluding hydrogens is 302 g/mol. The minimum atomic E-state index is -0.569. The third-order valence-electron chi connectivity index (χ3n) is 4.15. The van der Waals surface area contributed by atoms with Crippen molar-refractivity contribution in [3.8, 4) is 0 Å². The Morgan fingerprint density at radius 1 is 1.33 bits per heavy atom. The lowest BCUT2D eigenvalue weighted by Gasteiger charge is -2.14. The number of primary amides is 1. The lowest BCUT2D eigenvalue weighted by atomic mass is 10.1. The number of amides is 1. The Balaban J connectivity index is 1.98. The van der Waals surface area contributed by atoms with Crippen molar-refractivity contribution in [1.82, 2.24) is 9.97 Å². The number of nitrogens with zero attached hydrogens (tertiary/aromatic N) is 2. The monoisotopic (exact) mass is 325 g/mol. The van der Waals surface area contributed by atoms with Crippen LogP contribution in [0.25, 0.3) is 0 Å². The zero-order valence-corrected chi connectivity index (χ0v) is 13.9. The van der Waals surface area contributed by atoms with Crippen LogP contribution in [0.4, 0.5) is 11.5 Å². The second-order valence-electron chi connectivity index (χ2n) is 6.11. The van der Waals surface area contributed by atoms with Crippen molar-refractivity contribution in [2.75, 3.05) is 11.9 Å². The molecule has 126 valence electrons. The minimum absolute atomic E-state index is 0.195. The van der Waals surface area contributed by atoms with Gasteiger partial charge in [0.1, 0.15) is 0 Å². The maximum absolute atomic E-state index is 11.8. The number of rotatable bonds is 7. The molecule has 1 fully saturated rings. The van der Waals surface area contributed by atoms with Gasteiger partial charge in [-0.25, -0.2) is 9.97 Å². The van der Waals surface area contributed by atoms with E-state index in [1.807, 2.05) is 31.2 Å². The summed E-state index contributed by atoms with van der Waals surface area (Å²) in [6.45, 7) is 2.61. The Bertz CT molecular complexity index is 755. The fraction of sp³-hybridized carbons (Fsp3) is 0.389. The third kappa shape index (κ3) is 3.54. The normalized spacial score (nSPS) is 13.8. The molecule has 1 aliphatic rings. The van der Waals surface area contributed by atoms with Crippen molar-refractivity contribution in [2.24, 2.45) is 11.5 Å². The van der Waals surface area contributed by atoms with Crippen molar-refractivity contribution in [3.63, 3.8) is 0 Å². The van der Waals surface area contributed by atoms with Gasteiger partial charge in [0.2, 0.25) is 0 Å². The zero-order chi connectivity index (χ0) is 17.1. The molecule has 0 saturated heterocycles. The molecule has 0 radical (unpaired) electrons. The summed E-state index contributed by atoms with van der Waals surface area (Å²) in [5.41, 5.74) is 15.2. The first-order valence-corrected chi connectivity index (χ1v) is 8.39. The van der Waals surface area contributed by atoms with Gasteiger partial charge in [0, 0.05) is 11.6 Å². The van der Waals surface area contributed by atoms with Crippen LogP contribution in [0.15, 0.2) is 24.3 Å². The molecule has 0 bridgehead atoms. The molecule has 24 heavy (non-hydrogen) atoms. The summed E-state index contributed by atoms with van der Waals surface area (Å²) in [5, 5.41) is 3.21. The van der Waals surface area contributed by atoms with E-state index < -0.39 is 5.91 Å². The minimum Gasteiger partial charge on any atom is -0.364 e. The Labute approximate surface area is 141 Å². The molecule has 2 aromatic rings. The van der Waals surface area contributed by atoms with Crippen LogP contribution in [0.3, 0.4) is 0 Å². The first-order valence-electron chi connectivity index (χ1n) is 8.39. The summed E-state index contributed by atoms with van der Waals surface area (Å²) in [5.74, 6) is 0.324. The highest BCUT2D eigenvalue weighted by Gasteiger charge is 2.30. The van der Waals surface area contributed by atoms with Gasteiger partial charge in [-0.2, -0.15) is 0 Å². The molecular formula is C18H23N5O. The number of hydrogen-bond acceptors (Lipinski definition) is 5. The lowest BCUT2D eigenvalue weighted by molar-refractivity contribution is 0.0996. The average Bonchev–Trinajstić information content (AvgIpc) is 3.40. The van der Waals surface area contributed by atoms with Crippen LogP contribution < -0.4 is 16.8 Å². The molecule has 5 N–H and O–H groups in total. The molecule has 1 heterocycles. The summed E-state index contributed by atoms with van der Waals surface area (Å²) in [6.07, 6.45) is 3.80. The van der Waals surface area contributed by atoms with E-state index in [4.69, 9.17) is 16.5 Å². The number of carbonyl (C=O) groups excluding carboxylic acids is 1. The van der Waals surface area contributed by atoms with E-state index in [1.54, 1.807) is 0 Å². The number of anilines is 2. The number of aromatic nitrogens is 2. The van der Waals surface area contributed by atoms with Gasteiger partial charge in [0.25, 0.3) is 5.91 Å². The molecule has 6 heteroatoms. The van der Waals surface area contributed by atoms with Crippen LogP contribution in [-0.2, 0) is 12.8 Å². The van der Waals surface area contributed by atoms with Crippen LogP contribution in [0.2, 0.25) is 0 Å². The maximum atomic E-state index is 11.8. The Hall–Kier alpha value is -2.47. The SMILES string of the molecule is CCc1nc(C(N)=O)c(Nc2cccc(CCN)c2)nc1C1CC1. The molecule has 0 atom stereocenters. The molecule has 0 spiro atoms. The highest BCUT2D eigenvalue weighted by molar-refractivity contribution is 5.96. The third-order valence-corrected chi connectivity index (χ3v) is 4.15. The Morgan fingerprint density at radius 3 is 2.75 bits per heavy atom. The van der Waals surface area contributed by atoms with Gasteiger partial charge >= 0.3 is 0 Å². The molecule has 1 aromatic heterocycles. The quantitative estimate of drug-likeness (QED) is 0.724. The molecule has 0 unspecified atom stereocenters. The largest absolute Gasteiger partial charge is 0.364 e. The highest BCUT2D eigenvalue weighted by Crippen LogP contribution is 2.41. The van der Waals surface area contributed by atoms with Gasteiger partial charge in [-0.3, -0.25) is 4.79 Å². The van der Waals surface area contributed by atoms with E-state index in [0.29, 0.717) is 18.3 Å². The first-order chi connectivity index (χ1) is 11.6. The predicted octanol–water partition coefficient (Wildman–Crippen LogP) is 2.26. The number of benzene rings is 1. The van der Waals surface area contributed by atoms with E-state index in [9.17, 15) is 4.79 Å². The molecule has 1 aliphatic carbocycles. The zero-order valence-electron chi connectivity index (χ0n) is 13.9. The van der Waals surface area contributed by atoms with Gasteiger partial charge < -0.3 is 16.8 Å². The number of hydrogen-bond donors (Lipinski definition) is 3. The summed E-state index contributed by atoms with van der Waals surface area (Å²) in [4.78, 5) is 21.0. The Morgan fingerprint density at radius 2 is 2.12 bits per heavy atom. The van der Waals surface area contributed by atoms with E-state index in [2.05, 4.69) is 10.3 Å². The predicted molar refractivity (Wildman–Crippen MR) is 94.4 cm³/mol. The van der Waals surface area contributed by atoms with E-state index in [-0.39, 0.29) is 5.69 Å². The Kier molecular flexibility index (Phi) is 4.76. The fourth-order valence-corrected chi connectivity index (χ4v) is 2.79. The number of carbonyl (C=O) groups is 1. The molecule has 6 nitrogen and oxygen atoms in total. The van der Waals surface area contributed by atoms with Crippen molar-refractivity contribution in [2.45, 2.75) is 38.5 Å². The number of aryl methyl sites for hydroxylation is 1. The summed E-state index contributed by atoms with van der Waals surface area (Å²) < 4.78 is 0. The second-order valence-corrected chi connectivity index (χ2v) is 6.11. The summed E-state index contributed by atoms with van der Waals surface area (Å²) >= 11 is 0. The number of nitrogens with one attached hydrogen (secondary N) is 1. The van der Waals surface area contributed by atoms with Gasteiger partial charge in [-0.05, 0) is 49.9 Å². The van der Waals surface area contributed by atoms with Crippen LogP contribution in [-0.4, -0.2) is 22.4 Å². The van der Waals surface area contributed by atoms with Crippen molar-refractivity contribution in [3.05, 3.63) is 46.9 Å². The van der Waals surface area contributed by atoms with Crippen molar-refractivity contribution in [1.29, 1.82) is 0 Å². The second kappa shape index (κ2) is 6.97. The van der Waals surface area contributed by atoms with Crippen molar-refractivity contribution >= 4 is 17.4 Å². The van der Waals surface area contributed by atoms with Crippen LogP contribution in [0, 0.1) is 0 Å². The summed E-state index contributed by atoms with van der Waals surface area (Å²) in [7, 11) is 0. The van der Waals surface area contributed by atoms with E-state index in [1.165, 1.54) is 0 Å². The topological polar surface area (TPSA) is 107 Å². The van der Waals surface area contributed by atoms with E-state index >= 15 is 0 Å². The molecule has 0 aliphatic heterocycles. The van der Waals surface area contributed by atoms with Crippen LogP contribution in [0.5, 0.6) is 0 Å². The van der Waals surface area contributed by atoms with Gasteiger partial charge in [-0.15, -0.1) is 0 Å². The number of nitrogens with two attached hydrogens (primary N) is 2.